The van der Waals surface area contributed by atoms with E-state index in [1.165, 1.54) is 12.1 Å². The van der Waals surface area contributed by atoms with E-state index in [4.69, 9.17) is 20.4 Å². The average molecular weight is 534 g/mol. The summed E-state index contributed by atoms with van der Waals surface area (Å²) < 4.78 is 7.26. The Bertz CT molecular complexity index is 1370. The second-order valence-electron chi connectivity index (χ2n) is 9.59. The lowest BCUT2D eigenvalue weighted by molar-refractivity contribution is -0.885. The van der Waals surface area contributed by atoms with E-state index in [0.29, 0.717) is 25.3 Å². The number of rotatable bonds is 9. The summed E-state index contributed by atoms with van der Waals surface area (Å²) in [5.41, 5.74) is 10.6. The summed E-state index contributed by atoms with van der Waals surface area (Å²) in [4.78, 5) is 43.6. The lowest BCUT2D eigenvalue weighted by Gasteiger charge is -2.35. The number of nitrogens with zero attached hydrogens (tertiary/aromatic N) is 2. The smallest absolute Gasteiger partial charge is 0.335 e. The van der Waals surface area contributed by atoms with Crippen molar-refractivity contribution >= 4 is 17.8 Å². The van der Waals surface area contributed by atoms with Crippen molar-refractivity contribution < 1.29 is 33.8 Å². The topological polar surface area (TPSA) is 135 Å². The number of hydrogen-bond acceptors (Lipinski definition) is 6. The second-order valence-corrected chi connectivity index (χ2v) is 9.59. The van der Waals surface area contributed by atoms with Crippen LogP contribution < -0.4 is 20.6 Å². The zero-order valence-electron chi connectivity index (χ0n) is 22.2. The highest BCUT2D eigenvalue weighted by Gasteiger charge is 2.31. The predicted octanol–water partition coefficient (Wildman–Crippen LogP) is 1.88. The van der Waals surface area contributed by atoms with E-state index in [2.05, 4.69) is 10.2 Å². The van der Waals surface area contributed by atoms with Crippen LogP contribution in [-0.4, -0.2) is 60.7 Å². The number of primary amides is 1. The van der Waals surface area contributed by atoms with Gasteiger partial charge in [0.05, 0.1) is 30.4 Å². The lowest BCUT2D eigenvalue weighted by Crippen LogP contribution is -2.53. The number of ether oxygens (including phenoxy) is 1. The standard InChI is InChI=1S/C29H32N4O6/c1-18-12-23(27(30)34)8-9-25(18)24-13-20(15-33(16-24)38-3)14-32-10-11-39-17-26(32)28(35)31-19(2)21-4-6-22(7-5-21)29(36)37/h4-9,12-13,15-16,19,26H,10-11,14,17H2,1-3H3,(H3-,30,31,34,35,36,37)/p+1/t19-,26+/m0/s1. The minimum Gasteiger partial charge on any atom is -0.478 e. The summed E-state index contributed by atoms with van der Waals surface area (Å²) in [6.45, 7) is 5.60. The Labute approximate surface area is 226 Å². The summed E-state index contributed by atoms with van der Waals surface area (Å²) in [5, 5.41) is 12.2. The maximum Gasteiger partial charge on any atom is 0.335 e. The van der Waals surface area contributed by atoms with Crippen molar-refractivity contribution in [3.63, 3.8) is 0 Å². The Kier molecular flexibility index (Phi) is 8.58. The molecule has 0 radical (unpaired) electrons. The Balaban J connectivity index is 1.52. The molecule has 204 valence electrons. The molecule has 10 nitrogen and oxygen atoms in total. The molecule has 1 aromatic heterocycles. The molecule has 2 amide bonds. The summed E-state index contributed by atoms with van der Waals surface area (Å²) >= 11 is 0. The van der Waals surface area contributed by atoms with Crippen LogP contribution >= 0.6 is 0 Å². The number of hydrogen-bond donors (Lipinski definition) is 3. The molecule has 0 saturated carbocycles. The number of aromatic carboxylic acids is 1. The van der Waals surface area contributed by atoms with E-state index in [0.717, 1.165) is 27.8 Å². The molecule has 1 aliphatic heterocycles. The molecule has 0 bridgehead atoms. The van der Waals surface area contributed by atoms with Crippen LogP contribution in [0.4, 0.5) is 0 Å². The van der Waals surface area contributed by atoms with Gasteiger partial charge in [-0.1, -0.05) is 18.2 Å². The van der Waals surface area contributed by atoms with Crippen molar-refractivity contribution in [1.29, 1.82) is 0 Å². The van der Waals surface area contributed by atoms with Gasteiger partial charge in [-0.3, -0.25) is 19.3 Å². The van der Waals surface area contributed by atoms with Crippen molar-refractivity contribution in [2.45, 2.75) is 32.5 Å². The third kappa shape index (κ3) is 6.60. The van der Waals surface area contributed by atoms with Crippen molar-refractivity contribution in [3.8, 4) is 11.1 Å². The molecule has 1 aliphatic rings. The number of benzene rings is 2. The van der Waals surface area contributed by atoms with Gasteiger partial charge in [0.25, 0.3) is 0 Å². The van der Waals surface area contributed by atoms with Crippen molar-refractivity contribution in [3.05, 3.63) is 88.7 Å². The van der Waals surface area contributed by atoms with Crippen LogP contribution in [0.25, 0.3) is 11.1 Å². The maximum absolute atomic E-state index is 13.3. The summed E-state index contributed by atoms with van der Waals surface area (Å²) in [7, 11) is 1.58. The largest absolute Gasteiger partial charge is 0.478 e. The molecular weight excluding hydrogens is 500 g/mol. The number of aryl methyl sites for hydroxylation is 1. The maximum atomic E-state index is 13.3. The first kappa shape index (κ1) is 27.7. The summed E-state index contributed by atoms with van der Waals surface area (Å²) in [6, 6.07) is 13.0. The van der Waals surface area contributed by atoms with Crippen molar-refractivity contribution in [2.24, 2.45) is 5.73 Å². The quantitative estimate of drug-likeness (QED) is 0.358. The van der Waals surface area contributed by atoms with E-state index in [9.17, 15) is 14.4 Å². The fraction of sp³-hybridized carbons (Fsp3) is 0.310. The first-order valence-electron chi connectivity index (χ1n) is 12.6. The van der Waals surface area contributed by atoms with Gasteiger partial charge < -0.3 is 20.9 Å². The first-order chi connectivity index (χ1) is 18.7. The zero-order valence-corrected chi connectivity index (χ0v) is 22.2. The number of carboxylic acids is 1. The Morgan fingerprint density at radius 3 is 2.51 bits per heavy atom. The zero-order chi connectivity index (χ0) is 28.1. The molecule has 4 rings (SSSR count). The highest BCUT2D eigenvalue weighted by molar-refractivity contribution is 5.93. The van der Waals surface area contributed by atoms with Gasteiger partial charge in [-0.15, -0.1) is 0 Å². The van der Waals surface area contributed by atoms with E-state index < -0.39 is 17.9 Å². The van der Waals surface area contributed by atoms with Gasteiger partial charge in [0.15, 0.2) is 0 Å². The number of morpholine rings is 1. The minimum atomic E-state index is -0.995. The summed E-state index contributed by atoms with van der Waals surface area (Å²) in [6.07, 6.45) is 3.73. The number of carbonyl (C=O) groups is 3. The van der Waals surface area contributed by atoms with E-state index in [-0.39, 0.29) is 24.1 Å². The first-order valence-corrected chi connectivity index (χ1v) is 12.6. The number of carboxylic acid groups (broad SMARTS) is 1. The number of aromatic nitrogens is 1. The average Bonchev–Trinajstić information content (AvgIpc) is 2.92. The molecular formula is C29H33N4O6+. The molecule has 2 aromatic carbocycles. The molecule has 1 fully saturated rings. The highest BCUT2D eigenvalue weighted by atomic mass is 16.6. The predicted molar refractivity (Wildman–Crippen MR) is 143 cm³/mol. The Hall–Kier alpha value is -4.28. The van der Waals surface area contributed by atoms with Gasteiger partial charge in [0, 0.05) is 28.9 Å². The molecule has 2 atom stereocenters. The van der Waals surface area contributed by atoms with Gasteiger partial charge in [-0.2, -0.15) is 0 Å². The Morgan fingerprint density at radius 2 is 1.87 bits per heavy atom. The van der Waals surface area contributed by atoms with Crippen LogP contribution in [0.15, 0.2) is 60.9 Å². The third-order valence-corrected chi connectivity index (χ3v) is 6.88. The van der Waals surface area contributed by atoms with Crippen LogP contribution in [0.3, 0.4) is 0 Å². The SMILES string of the molecule is CO[n+]1cc(CN2CCOC[C@@H]2C(=O)N[C@@H](C)c2ccc(C(=O)O)cc2)cc(-c2ccc(C(N)=O)cc2C)c1. The van der Waals surface area contributed by atoms with Gasteiger partial charge in [0.2, 0.25) is 24.2 Å². The molecule has 1 saturated heterocycles. The molecule has 0 unspecified atom stereocenters. The highest BCUT2D eigenvalue weighted by Crippen LogP contribution is 2.25. The number of nitrogens with two attached hydrogens (primary N) is 1. The molecule has 10 heteroatoms. The molecule has 0 spiro atoms. The second kappa shape index (κ2) is 12.1. The fourth-order valence-electron chi connectivity index (χ4n) is 4.70. The lowest BCUT2D eigenvalue weighted by atomic mass is 9.98. The van der Waals surface area contributed by atoms with Crippen molar-refractivity contribution in [2.75, 3.05) is 26.9 Å². The monoisotopic (exact) mass is 533 g/mol. The van der Waals surface area contributed by atoms with E-state index in [1.807, 2.05) is 38.4 Å². The Morgan fingerprint density at radius 1 is 1.15 bits per heavy atom. The number of pyridine rings is 1. The number of amides is 2. The van der Waals surface area contributed by atoms with Gasteiger partial charge >= 0.3 is 5.97 Å². The fourth-order valence-corrected chi connectivity index (χ4v) is 4.70. The van der Waals surface area contributed by atoms with E-state index in [1.54, 1.807) is 36.1 Å². The van der Waals surface area contributed by atoms with E-state index >= 15 is 0 Å². The molecule has 4 N–H and O–H groups in total. The van der Waals surface area contributed by atoms with Gasteiger partial charge in [0.1, 0.15) is 13.2 Å². The summed E-state index contributed by atoms with van der Waals surface area (Å²) in [5.74, 6) is -1.64. The van der Waals surface area contributed by atoms with Crippen LogP contribution in [0.2, 0.25) is 0 Å². The molecule has 0 aliphatic carbocycles. The van der Waals surface area contributed by atoms with Gasteiger partial charge in [-0.25, -0.2) is 4.79 Å². The van der Waals surface area contributed by atoms with Crippen molar-refractivity contribution in [1.82, 2.24) is 10.2 Å². The molecule has 2 heterocycles. The third-order valence-electron chi connectivity index (χ3n) is 6.88. The number of carbonyl (C=O) groups excluding carboxylic acids is 2. The van der Waals surface area contributed by atoms with Gasteiger partial charge in [-0.05, 0) is 60.9 Å². The molecule has 3 aromatic rings. The minimum absolute atomic E-state index is 0.168. The molecule has 39 heavy (non-hydrogen) atoms. The van der Waals surface area contributed by atoms with Crippen LogP contribution in [0.1, 0.15) is 50.4 Å². The van der Waals surface area contributed by atoms with Crippen LogP contribution in [-0.2, 0) is 16.1 Å². The van der Waals surface area contributed by atoms with Crippen LogP contribution in [0.5, 0.6) is 0 Å². The number of nitrogens with one attached hydrogen (secondary N) is 1. The normalized spacial score (nSPS) is 16.3. The van der Waals surface area contributed by atoms with Crippen LogP contribution in [0, 0.1) is 6.92 Å².